The molecule has 0 bridgehead atoms. The minimum absolute atomic E-state index is 0.107. The van der Waals surface area contributed by atoms with E-state index in [1.165, 1.54) is 0 Å². The summed E-state index contributed by atoms with van der Waals surface area (Å²) in [5.74, 6) is 1.17. The zero-order valence-electron chi connectivity index (χ0n) is 17.2. The number of aromatic nitrogens is 2. The Labute approximate surface area is 180 Å². The van der Waals surface area contributed by atoms with E-state index in [-0.39, 0.29) is 10.8 Å². The molecule has 2 aliphatic heterocycles. The van der Waals surface area contributed by atoms with Gasteiger partial charge in [0, 0.05) is 25.2 Å². The van der Waals surface area contributed by atoms with Crippen LogP contribution in [-0.2, 0) is 21.4 Å². The molecule has 8 nitrogen and oxygen atoms in total. The first-order valence-corrected chi connectivity index (χ1v) is 11.8. The van der Waals surface area contributed by atoms with Gasteiger partial charge in [-0.05, 0) is 44.0 Å². The zero-order chi connectivity index (χ0) is 21.6. The average molecular weight is 438 g/mol. The number of amidine groups is 1. The van der Waals surface area contributed by atoms with Crippen LogP contribution >= 0.6 is 0 Å². The molecule has 0 spiro atoms. The smallest absolute Gasteiger partial charge is 0.285 e. The van der Waals surface area contributed by atoms with E-state index in [0.29, 0.717) is 37.5 Å². The van der Waals surface area contributed by atoms with Crippen LogP contribution < -0.4 is 5.32 Å². The van der Waals surface area contributed by atoms with Crippen molar-refractivity contribution in [3.05, 3.63) is 59.9 Å². The molecule has 1 saturated heterocycles. The summed E-state index contributed by atoms with van der Waals surface area (Å²) < 4.78 is 30.9. The summed E-state index contributed by atoms with van der Waals surface area (Å²) >= 11 is 0. The number of hydrogen-bond donors (Lipinski definition) is 1. The molecule has 0 radical (unpaired) electrons. The van der Waals surface area contributed by atoms with E-state index < -0.39 is 16.1 Å². The van der Waals surface area contributed by atoms with Gasteiger partial charge in [-0.2, -0.15) is 8.42 Å². The highest BCUT2D eigenvalue weighted by atomic mass is 32.2. The molecule has 31 heavy (non-hydrogen) atoms. The third-order valence-corrected chi connectivity index (χ3v) is 7.25. The molecule has 0 saturated carbocycles. The molecule has 1 fully saturated rings. The number of aryl methyl sites for hydroxylation is 1. The number of likely N-dealkylation sites (tertiary alicyclic amines) is 1. The number of carbonyl (C=O) groups excluding carboxylic acids is 1. The van der Waals surface area contributed by atoms with E-state index in [1.54, 1.807) is 24.3 Å². The van der Waals surface area contributed by atoms with Gasteiger partial charge < -0.3 is 14.8 Å². The Bertz CT molecular complexity index is 1310. The summed E-state index contributed by atoms with van der Waals surface area (Å²) in [4.78, 5) is 19.6. The highest BCUT2D eigenvalue weighted by Gasteiger charge is 2.39. The second-order valence-electron chi connectivity index (χ2n) is 7.83. The third-order valence-electron chi connectivity index (χ3n) is 5.92. The molecule has 0 aliphatic carbocycles. The number of nitrogens with one attached hydrogen (secondary N) is 1. The molecule has 2 aromatic carbocycles. The van der Waals surface area contributed by atoms with Crippen molar-refractivity contribution in [3.8, 4) is 0 Å². The van der Waals surface area contributed by atoms with Gasteiger partial charge in [-0.25, -0.2) is 4.98 Å². The number of carbonyl (C=O) groups is 1. The Hall–Kier alpha value is -3.20. The Morgan fingerprint density at radius 2 is 1.94 bits per heavy atom. The van der Waals surface area contributed by atoms with E-state index in [2.05, 4.69) is 19.3 Å². The predicted octanol–water partition coefficient (Wildman–Crippen LogP) is 2.07. The van der Waals surface area contributed by atoms with E-state index in [1.807, 2.05) is 36.1 Å². The zero-order valence-corrected chi connectivity index (χ0v) is 18.0. The first-order chi connectivity index (χ1) is 15.0. The number of imidazole rings is 1. The summed E-state index contributed by atoms with van der Waals surface area (Å²) in [6, 6.07) is 14.3. The van der Waals surface area contributed by atoms with Crippen LogP contribution in [0.1, 0.15) is 24.2 Å². The Balaban J connectivity index is 1.30. The van der Waals surface area contributed by atoms with Crippen LogP contribution in [-0.4, -0.2) is 53.7 Å². The SMILES string of the molecule is Cc1nc2ccccc2n1CCNC(=O)[C@@H]1CCCN1C1=NS(=O)(=O)c2ccccc21. The lowest BCUT2D eigenvalue weighted by atomic mass is 10.1. The van der Waals surface area contributed by atoms with Crippen molar-refractivity contribution in [1.29, 1.82) is 0 Å². The van der Waals surface area contributed by atoms with Crippen molar-refractivity contribution < 1.29 is 13.2 Å². The maximum Gasteiger partial charge on any atom is 0.285 e. The number of amides is 1. The molecule has 9 heteroatoms. The van der Waals surface area contributed by atoms with Crippen molar-refractivity contribution in [2.45, 2.75) is 37.2 Å². The van der Waals surface area contributed by atoms with Crippen LogP contribution in [0.5, 0.6) is 0 Å². The van der Waals surface area contributed by atoms with Crippen molar-refractivity contribution in [2.75, 3.05) is 13.1 Å². The number of benzene rings is 2. The fraction of sp³-hybridized carbons (Fsp3) is 0.318. The summed E-state index contributed by atoms with van der Waals surface area (Å²) in [7, 11) is -3.71. The van der Waals surface area contributed by atoms with Gasteiger partial charge in [0.15, 0.2) is 5.84 Å². The van der Waals surface area contributed by atoms with Crippen LogP contribution in [0.3, 0.4) is 0 Å². The average Bonchev–Trinajstić information content (AvgIpc) is 3.43. The number of nitrogens with zero attached hydrogens (tertiary/aromatic N) is 4. The van der Waals surface area contributed by atoms with E-state index in [9.17, 15) is 13.2 Å². The molecule has 2 aliphatic rings. The standard InChI is InChI=1S/C22H23N5O3S/c1-15-24-17-8-3-4-9-18(17)26(15)14-12-23-22(28)19-10-6-13-27(19)21-16-7-2-5-11-20(16)31(29,30)25-21/h2-5,7-9,11,19H,6,10,12-14H2,1H3,(H,23,28)/t19-/m0/s1. The van der Waals surface area contributed by atoms with Gasteiger partial charge in [0.1, 0.15) is 16.8 Å². The molecule has 1 amide bonds. The Kier molecular flexibility index (Phi) is 4.77. The maximum absolute atomic E-state index is 13.0. The fourth-order valence-corrected chi connectivity index (χ4v) is 5.69. The van der Waals surface area contributed by atoms with Crippen molar-refractivity contribution in [3.63, 3.8) is 0 Å². The number of sulfonamides is 1. The van der Waals surface area contributed by atoms with Crippen molar-refractivity contribution in [2.24, 2.45) is 4.40 Å². The minimum atomic E-state index is -3.71. The monoisotopic (exact) mass is 437 g/mol. The number of fused-ring (bicyclic) bond motifs is 2. The van der Waals surface area contributed by atoms with Gasteiger partial charge in [-0.3, -0.25) is 4.79 Å². The second kappa shape index (κ2) is 7.49. The summed E-state index contributed by atoms with van der Waals surface area (Å²) in [6.07, 6.45) is 1.48. The third kappa shape index (κ3) is 3.38. The van der Waals surface area contributed by atoms with E-state index in [0.717, 1.165) is 23.3 Å². The van der Waals surface area contributed by atoms with Crippen LogP contribution in [0, 0.1) is 6.92 Å². The molecular weight excluding hydrogens is 414 g/mol. The lowest BCUT2D eigenvalue weighted by Crippen LogP contribution is -2.46. The molecule has 1 N–H and O–H groups in total. The molecule has 1 atom stereocenters. The topological polar surface area (TPSA) is 96.7 Å². The van der Waals surface area contributed by atoms with Gasteiger partial charge in [-0.1, -0.05) is 24.3 Å². The van der Waals surface area contributed by atoms with Gasteiger partial charge >= 0.3 is 0 Å². The molecule has 3 heterocycles. The highest BCUT2D eigenvalue weighted by molar-refractivity contribution is 7.90. The van der Waals surface area contributed by atoms with Gasteiger partial charge in [0.2, 0.25) is 5.91 Å². The molecule has 1 aromatic heterocycles. The normalized spacial score (nSPS) is 19.5. The van der Waals surface area contributed by atoms with Crippen LogP contribution in [0.25, 0.3) is 11.0 Å². The Morgan fingerprint density at radius 1 is 1.16 bits per heavy atom. The molecular formula is C22H23N5O3S. The van der Waals surface area contributed by atoms with Crippen LogP contribution in [0.15, 0.2) is 57.8 Å². The lowest BCUT2D eigenvalue weighted by molar-refractivity contribution is -0.124. The first kappa shape index (κ1) is 19.7. The fourth-order valence-electron chi connectivity index (χ4n) is 4.48. The molecule has 3 aromatic rings. The summed E-state index contributed by atoms with van der Waals surface area (Å²) in [5.41, 5.74) is 2.55. The highest BCUT2D eigenvalue weighted by Crippen LogP contribution is 2.31. The van der Waals surface area contributed by atoms with Gasteiger partial charge in [0.05, 0.1) is 11.0 Å². The van der Waals surface area contributed by atoms with Crippen molar-refractivity contribution in [1.82, 2.24) is 19.8 Å². The van der Waals surface area contributed by atoms with Crippen LogP contribution in [0.2, 0.25) is 0 Å². The lowest BCUT2D eigenvalue weighted by Gasteiger charge is -2.25. The quantitative estimate of drug-likeness (QED) is 0.674. The second-order valence-corrected chi connectivity index (χ2v) is 9.40. The summed E-state index contributed by atoms with van der Waals surface area (Å²) in [5, 5.41) is 3.02. The van der Waals surface area contributed by atoms with E-state index in [4.69, 9.17) is 0 Å². The first-order valence-electron chi connectivity index (χ1n) is 10.4. The number of rotatable bonds is 4. The Morgan fingerprint density at radius 3 is 2.81 bits per heavy atom. The maximum atomic E-state index is 13.0. The predicted molar refractivity (Wildman–Crippen MR) is 117 cm³/mol. The van der Waals surface area contributed by atoms with Gasteiger partial charge in [-0.15, -0.1) is 4.40 Å². The largest absolute Gasteiger partial charge is 0.353 e. The summed E-state index contributed by atoms with van der Waals surface area (Å²) in [6.45, 7) is 3.64. The number of hydrogen-bond acceptors (Lipinski definition) is 5. The van der Waals surface area contributed by atoms with Crippen LogP contribution in [0.4, 0.5) is 0 Å². The van der Waals surface area contributed by atoms with Crippen molar-refractivity contribution >= 4 is 32.8 Å². The van der Waals surface area contributed by atoms with Gasteiger partial charge in [0.25, 0.3) is 10.0 Å². The molecule has 0 unspecified atom stereocenters. The minimum Gasteiger partial charge on any atom is -0.353 e. The number of para-hydroxylation sites is 2. The van der Waals surface area contributed by atoms with E-state index >= 15 is 0 Å². The molecule has 5 rings (SSSR count). The molecule has 160 valence electrons.